The summed E-state index contributed by atoms with van der Waals surface area (Å²) in [6, 6.07) is 1.37. The van der Waals surface area contributed by atoms with E-state index in [2.05, 4.69) is 36.4 Å². The summed E-state index contributed by atoms with van der Waals surface area (Å²) < 4.78 is 14.0. The van der Waals surface area contributed by atoms with Gasteiger partial charge in [-0.05, 0) is 28.9 Å². The van der Waals surface area contributed by atoms with Crippen LogP contribution >= 0.6 is 15.9 Å². The number of hydrogen-bond acceptors (Lipinski definition) is 3. The lowest BCUT2D eigenvalue weighted by molar-refractivity contribution is 0.623. The molecule has 0 aliphatic carbocycles. The van der Waals surface area contributed by atoms with E-state index in [4.69, 9.17) is 0 Å². The molecule has 4 nitrogen and oxygen atoms in total. The van der Waals surface area contributed by atoms with Gasteiger partial charge in [-0.1, -0.05) is 0 Å². The fourth-order valence-corrected chi connectivity index (χ4v) is 1.58. The first-order valence-corrected chi connectivity index (χ1v) is 5.50. The van der Waals surface area contributed by atoms with Crippen LogP contribution < -0.4 is 5.32 Å². The molecule has 84 valence electrons. The lowest BCUT2D eigenvalue weighted by Gasteiger charge is -2.05. The van der Waals surface area contributed by atoms with Gasteiger partial charge in [0.05, 0.1) is 6.20 Å². The number of hydrogen-bond donors (Lipinski definition) is 2. The maximum absolute atomic E-state index is 13.4. The molecule has 0 saturated carbocycles. The Balaban J connectivity index is 2.08. The maximum atomic E-state index is 13.4. The fourth-order valence-electron chi connectivity index (χ4n) is 1.28. The number of halogens is 2. The van der Waals surface area contributed by atoms with Crippen LogP contribution in [0.25, 0.3) is 0 Å². The van der Waals surface area contributed by atoms with Gasteiger partial charge in [-0.3, -0.25) is 5.10 Å². The smallest absolute Gasteiger partial charge is 0.166 e. The van der Waals surface area contributed by atoms with Crippen LogP contribution in [0.15, 0.2) is 22.9 Å². The third-order valence-electron chi connectivity index (χ3n) is 2.19. The molecular weight excluding hydrogens is 275 g/mol. The molecule has 2 aromatic heterocycles. The van der Waals surface area contributed by atoms with Crippen molar-refractivity contribution in [2.24, 2.45) is 0 Å². The molecule has 0 fully saturated rings. The largest absolute Gasteiger partial charge is 0.363 e. The lowest BCUT2D eigenvalue weighted by atomic mass is 10.2. The molecule has 0 radical (unpaired) electrons. The Morgan fingerprint density at radius 1 is 1.50 bits per heavy atom. The van der Waals surface area contributed by atoms with Gasteiger partial charge in [-0.25, -0.2) is 9.37 Å². The molecule has 2 N–H and O–H groups in total. The molecule has 2 aromatic rings. The molecule has 0 atom stereocenters. The average Bonchev–Trinajstić information content (AvgIpc) is 2.63. The van der Waals surface area contributed by atoms with Crippen LogP contribution in [0.4, 0.5) is 10.2 Å². The lowest BCUT2D eigenvalue weighted by Crippen LogP contribution is -2.03. The second-order valence-electron chi connectivity index (χ2n) is 3.36. The molecule has 0 aromatic carbocycles. The van der Waals surface area contributed by atoms with Gasteiger partial charge in [-0.15, -0.1) is 0 Å². The summed E-state index contributed by atoms with van der Waals surface area (Å²) in [7, 11) is 0. The molecule has 2 heterocycles. The van der Waals surface area contributed by atoms with Gasteiger partial charge in [0.25, 0.3) is 0 Å². The van der Waals surface area contributed by atoms with Crippen molar-refractivity contribution < 1.29 is 4.39 Å². The second-order valence-corrected chi connectivity index (χ2v) is 4.27. The summed E-state index contributed by atoms with van der Waals surface area (Å²) in [5, 5.41) is 9.62. The Hall–Kier alpha value is -1.43. The highest BCUT2D eigenvalue weighted by Crippen LogP contribution is 2.17. The van der Waals surface area contributed by atoms with Crippen molar-refractivity contribution >= 4 is 21.7 Å². The van der Waals surface area contributed by atoms with E-state index in [-0.39, 0.29) is 11.6 Å². The van der Waals surface area contributed by atoms with E-state index in [0.29, 0.717) is 11.0 Å². The number of pyridine rings is 1. The van der Waals surface area contributed by atoms with Crippen LogP contribution in [-0.2, 0) is 6.54 Å². The summed E-state index contributed by atoms with van der Waals surface area (Å²) in [5.41, 5.74) is 1.95. The maximum Gasteiger partial charge on any atom is 0.166 e. The van der Waals surface area contributed by atoms with Crippen LogP contribution in [0, 0.1) is 12.7 Å². The quantitative estimate of drug-likeness (QED) is 0.911. The van der Waals surface area contributed by atoms with Crippen molar-refractivity contribution in [2.75, 3.05) is 5.32 Å². The summed E-state index contributed by atoms with van der Waals surface area (Å²) in [6.45, 7) is 2.41. The van der Waals surface area contributed by atoms with Crippen molar-refractivity contribution in [1.82, 2.24) is 15.2 Å². The van der Waals surface area contributed by atoms with Crippen molar-refractivity contribution in [1.29, 1.82) is 0 Å². The SMILES string of the molecule is Cc1[nH]ncc1CNc1ncc(Br)cc1F. The number of anilines is 1. The summed E-state index contributed by atoms with van der Waals surface area (Å²) in [4.78, 5) is 3.94. The van der Waals surface area contributed by atoms with Crippen molar-refractivity contribution in [3.63, 3.8) is 0 Å². The molecule has 0 spiro atoms. The zero-order valence-corrected chi connectivity index (χ0v) is 10.2. The molecular formula is C10H10BrFN4. The van der Waals surface area contributed by atoms with Gasteiger partial charge in [0.2, 0.25) is 0 Å². The molecule has 0 amide bonds. The monoisotopic (exact) mass is 284 g/mol. The summed E-state index contributed by atoms with van der Waals surface area (Å²) in [5.74, 6) is -0.140. The van der Waals surface area contributed by atoms with Crippen molar-refractivity contribution in [3.8, 4) is 0 Å². The zero-order valence-electron chi connectivity index (χ0n) is 8.59. The van der Waals surface area contributed by atoms with Gasteiger partial charge < -0.3 is 5.32 Å². The summed E-state index contributed by atoms with van der Waals surface area (Å²) >= 11 is 3.15. The Morgan fingerprint density at radius 3 is 2.94 bits per heavy atom. The topological polar surface area (TPSA) is 53.6 Å². The highest BCUT2D eigenvalue weighted by molar-refractivity contribution is 9.10. The minimum Gasteiger partial charge on any atom is -0.363 e. The number of aromatic nitrogens is 3. The Labute approximate surface area is 100 Å². The Bertz CT molecular complexity index is 497. The van der Waals surface area contributed by atoms with Crippen LogP contribution in [0.1, 0.15) is 11.3 Å². The van der Waals surface area contributed by atoms with E-state index in [1.54, 1.807) is 12.4 Å². The van der Waals surface area contributed by atoms with Gasteiger partial charge in [0, 0.05) is 28.5 Å². The first-order valence-electron chi connectivity index (χ1n) is 4.70. The number of rotatable bonds is 3. The normalized spacial score (nSPS) is 10.4. The Morgan fingerprint density at radius 2 is 2.31 bits per heavy atom. The molecule has 16 heavy (non-hydrogen) atoms. The Kier molecular flexibility index (Phi) is 3.19. The minimum absolute atomic E-state index is 0.240. The number of aromatic amines is 1. The number of nitrogens with zero attached hydrogens (tertiary/aromatic N) is 2. The highest BCUT2D eigenvalue weighted by Gasteiger charge is 2.05. The zero-order chi connectivity index (χ0) is 11.5. The average molecular weight is 285 g/mol. The van der Waals surface area contributed by atoms with Crippen LogP contribution in [0.2, 0.25) is 0 Å². The van der Waals surface area contributed by atoms with Crippen LogP contribution in [0.3, 0.4) is 0 Å². The predicted octanol–water partition coefficient (Wildman–Crippen LogP) is 2.63. The molecule has 0 saturated heterocycles. The minimum atomic E-state index is -0.379. The van der Waals surface area contributed by atoms with E-state index < -0.39 is 0 Å². The molecule has 2 rings (SSSR count). The van der Waals surface area contributed by atoms with E-state index in [1.807, 2.05) is 6.92 Å². The highest BCUT2D eigenvalue weighted by atomic mass is 79.9. The van der Waals surface area contributed by atoms with Crippen LogP contribution in [-0.4, -0.2) is 15.2 Å². The van der Waals surface area contributed by atoms with Crippen LogP contribution in [0.5, 0.6) is 0 Å². The number of aryl methyl sites for hydroxylation is 1. The van der Waals surface area contributed by atoms with Gasteiger partial charge in [-0.2, -0.15) is 5.10 Å². The number of nitrogens with one attached hydrogen (secondary N) is 2. The third-order valence-corrected chi connectivity index (χ3v) is 2.62. The van der Waals surface area contributed by atoms with Crippen molar-refractivity contribution in [3.05, 3.63) is 40.0 Å². The van der Waals surface area contributed by atoms with Gasteiger partial charge >= 0.3 is 0 Å². The number of H-pyrrole nitrogens is 1. The van der Waals surface area contributed by atoms with E-state index in [9.17, 15) is 4.39 Å². The molecule has 0 bridgehead atoms. The first-order chi connectivity index (χ1) is 7.66. The van der Waals surface area contributed by atoms with Gasteiger partial charge in [0.1, 0.15) is 0 Å². The van der Waals surface area contributed by atoms with E-state index >= 15 is 0 Å². The van der Waals surface area contributed by atoms with E-state index in [0.717, 1.165) is 11.3 Å². The molecule has 0 aliphatic rings. The molecule has 0 unspecified atom stereocenters. The fraction of sp³-hybridized carbons (Fsp3) is 0.200. The first kappa shape index (κ1) is 11.1. The standard InChI is InChI=1S/C10H10BrFN4/c1-6-7(4-15-16-6)3-13-10-9(12)2-8(11)5-14-10/h2,4-5H,3H2,1H3,(H,13,14)(H,15,16). The molecule has 6 heteroatoms. The van der Waals surface area contributed by atoms with Crippen molar-refractivity contribution in [2.45, 2.75) is 13.5 Å². The molecule has 0 aliphatic heterocycles. The van der Waals surface area contributed by atoms with Gasteiger partial charge in [0.15, 0.2) is 11.6 Å². The summed E-state index contributed by atoms with van der Waals surface area (Å²) in [6.07, 6.45) is 3.26. The van der Waals surface area contributed by atoms with E-state index in [1.165, 1.54) is 6.07 Å². The third kappa shape index (κ3) is 2.38. The second kappa shape index (κ2) is 4.61. The predicted molar refractivity (Wildman–Crippen MR) is 62.5 cm³/mol.